The van der Waals surface area contributed by atoms with E-state index in [9.17, 15) is 14.4 Å². The summed E-state index contributed by atoms with van der Waals surface area (Å²) in [5.41, 5.74) is 0.447. The zero-order chi connectivity index (χ0) is 16.7. The van der Waals surface area contributed by atoms with Crippen LogP contribution < -0.4 is 11.1 Å². The lowest BCUT2D eigenvalue weighted by Gasteiger charge is -2.27. The number of nitrogens with one attached hydrogen (secondary N) is 1. The Hall–Kier alpha value is -2.67. The molecule has 24 heavy (non-hydrogen) atoms. The van der Waals surface area contributed by atoms with E-state index in [1.165, 1.54) is 10.4 Å². The fraction of sp³-hybridized carbons (Fsp3) is 0.235. The minimum absolute atomic E-state index is 0.154. The van der Waals surface area contributed by atoms with Gasteiger partial charge >= 0.3 is 0 Å². The first-order valence-corrected chi connectivity index (χ1v) is 8.56. The molecule has 2 aromatic heterocycles. The number of benzene rings is 1. The lowest BCUT2D eigenvalue weighted by molar-refractivity contribution is -0.133. The number of H-pyrrole nitrogens is 1. The van der Waals surface area contributed by atoms with Crippen LogP contribution in [0.4, 0.5) is 0 Å². The SMILES string of the molecule is O=C(Cn1[nH]c(=O)c2ccccc2c1=O)N1CCc2sccc2C1. The Balaban J connectivity index is 1.63. The Morgan fingerprint density at radius 1 is 1.17 bits per heavy atom. The van der Waals surface area contributed by atoms with Gasteiger partial charge in [-0.2, -0.15) is 0 Å². The molecule has 1 amide bonds. The van der Waals surface area contributed by atoms with Crippen molar-refractivity contribution >= 4 is 28.0 Å². The number of nitrogens with zero attached hydrogens (tertiary/aromatic N) is 2. The van der Waals surface area contributed by atoms with Crippen molar-refractivity contribution in [2.24, 2.45) is 0 Å². The van der Waals surface area contributed by atoms with Crippen LogP contribution in [-0.2, 0) is 24.3 Å². The normalized spacial score (nSPS) is 13.9. The molecular weight excluding hydrogens is 326 g/mol. The lowest BCUT2D eigenvalue weighted by atomic mass is 10.1. The Labute approximate surface area is 140 Å². The maximum absolute atomic E-state index is 12.5. The van der Waals surface area contributed by atoms with Crippen molar-refractivity contribution in [1.82, 2.24) is 14.7 Å². The average Bonchev–Trinajstić information content (AvgIpc) is 3.07. The summed E-state index contributed by atoms with van der Waals surface area (Å²) >= 11 is 1.71. The monoisotopic (exact) mass is 341 g/mol. The van der Waals surface area contributed by atoms with Crippen LogP contribution in [0.3, 0.4) is 0 Å². The molecule has 6 nitrogen and oxygen atoms in total. The summed E-state index contributed by atoms with van der Waals surface area (Å²) in [6.45, 7) is 1.04. The van der Waals surface area contributed by atoms with Gasteiger partial charge in [0.15, 0.2) is 0 Å². The highest BCUT2D eigenvalue weighted by atomic mass is 32.1. The number of aromatic nitrogens is 2. The van der Waals surface area contributed by atoms with Crippen LogP contribution in [0.5, 0.6) is 0 Å². The number of rotatable bonds is 2. The number of thiophene rings is 1. The molecule has 4 rings (SSSR count). The van der Waals surface area contributed by atoms with Crippen LogP contribution >= 0.6 is 11.3 Å². The number of fused-ring (bicyclic) bond motifs is 2. The summed E-state index contributed by atoms with van der Waals surface area (Å²) in [4.78, 5) is 40.2. The van der Waals surface area contributed by atoms with Crippen LogP contribution in [0.25, 0.3) is 10.8 Å². The molecule has 0 saturated carbocycles. The van der Waals surface area contributed by atoms with Crippen molar-refractivity contribution in [3.05, 3.63) is 66.9 Å². The van der Waals surface area contributed by atoms with Gasteiger partial charge in [0.25, 0.3) is 11.1 Å². The minimum atomic E-state index is -0.364. The van der Waals surface area contributed by atoms with Gasteiger partial charge < -0.3 is 4.90 Å². The van der Waals surface area contributed by atoms with E-state index >= 15 is 0 Å². The second-order valence-electron chi connectivity index (χ2n) is 5.81. The molecule has 3 aromatic rings. The smallest absolute Gasteiger partial charge is 0.273 e. The molecular formula is C17H15N3O3S. The van der Waals surface area contributed by atoms with Gasteiger partial charge in [-0.15, -0.1) is 11.3 Å². The van der Waals surface area contributed by atoms with Gasteiger partial charge in [-0.05, 0) is 35.6 Å². The highest BCUT2D eigenvalue weighted by Gasteiger charge is 2.22. The molecule has 0 aliphatic carbocycles. The van der Waals surface area contributed by atoms with Crippen molar-refractivity contribution in [2.45, 2.75) is 19.5 Å². The van der Waals surface area contributed by atoms with Crippen molar-refractivity contribution in [3.63, 3.8) is 0 Å². The quantitative estimate of drug-likeness (QED) is 0.764. The Bertz CT molecular complexity index is 1050. The maximum Gasteiger partial charge on any atom is 0.273 e. The lowest BCUT2D eigenvalue weighted by Crippen LogP contribution is -2.41. The number of hydrogen-bond donors (Lipinski definition) is 1. The number of carbonyl (C=O) groups is 1. The van der Waals surface area contributed by atoms with Crippen LogP contribution in [0, 0.1) is 0 Å². The largest absolute Gasteiger partial charge is 0.336 e. The molecule has 3 heterocycles. The second-order valence-corrected chi connectivity index (χ2v) is 6.81. The van der Waals surface area contributed by atoms with Crippen molar-refractivity contribution in [2.75, 3.05) is 6.54 Å². The van der Waals surface area contributed by atoms with Crippen molar-refractivity contribution < 1.29 is 4.79 Å². The summed E-state index contributed by atoms with van der Waals surface area (Å²) in [5, 5.41) is 5.20. The van der Waals surface area contributed by atoms with Gasteiger partial charge in [-0.3, -0.25) is 19.5 Å². The van der Waals surface area contributed by atoms with E-state index in [-0.39, 0.29) is 23.6 Å². The van der Waals surface area contributed by atoms with Crippen LogP contribution in [-0.4, -0.2) is 27.1 Å². The molecule has 0 saturated heterocycles. The Morgan fingerprint density at radius 3 is 2.79 bits per heavy atom. The summed E-state index contributed by atoms with van der Waals surface area (Å²) < 4.78 is 1.11. The molecule has 1 aliphatic heterocycles. The van der Waals surface area contributed by atoms with Gasteiger partial charge in [0, 0.05) is 18.0 Å². The standard InChI is InChI=1S/C17H15N3O3S/c21-15(19-7-5-14-11(9-19)6-8-24-14)10-20-17(23)13-4-2-1-3-12(13)16(22)18-20/h1-4,6,8H,5,7,9-10H2,(H,18,22). The van der Waals surface area contributed by atoms with Crippen LogP contribution in [0.15, 0.2) is 45.3 Å². The van der Waals surface area contributed by atoms with E-state index in [0.717, 1.165) is 11.1 Å². The maximum atomic E-state index is 12.5. The van der Waals surface area contributed by atoms with Gasteiger partial charge in [-0.25, -0.2) is 4.68 Å². The zero-order valence-electron chi connectivity index (χ0n) is 12.8. The number of amides is 1. The first kappa shape index (κ1) is 14.9. The summed E-state index contributed by atoms with van der Waals surface area (Å²) in [5.74, 6) is -0.167. The minimum Gasteiger partial charge on any atom is -0.336 e. The highest BCUT2D eigenvalue weighted by Crippen LogP contribution is 2.24. The van der Waals surface area contributed by atoms with Crippen molar-refractivity contribution in [3.8, 4) is 0 Å². The Morgan fingerprint density at radius 2 is 1.96 bits per heavy atom. The van der Waals surface area contributed by atoms with E-state index in [1.807, 2.05) is 11.4 Å². The van der Waals surface area contributed by atoms with Gasteiger partial charge in [-0.1, -0.05) is 12.1 Å². The second kappa shape index (κ2) is 5.76. The average molecular weight is 341 g/mol. The summed E-state index contributed by atoms with van der Waals surface area (Å²) in [7, 11) is 0. The van der Waals surface area contributed by atoms with Crippen LogP contribution in [0.1, 0.15) is 10.4 Å². The molecule has 1 aliphatic rings. The van der Waals surface area contributed by atoms with Crippen molar-refractivity contribution in [1.29, 1.82) is 0 Å². The van der Waals surface area contributed by atoms with Crippen LogP contribution in [0.2, 0.25) is 0 Å². The number of hydrogen-bond acceptors (Lipinski definition) is 4. The molecule has 0 fully saturated rings. The molecule has 0 radical (unpaired) electrons. The van der Waals surface area contributed by atoms with Gasteiger partial charge in [0.1, 0.15) is 6.54 Å². The number of carbonyl (C=O) groups excluding carboxylic acids is 1. The third-order valence-corrected chi connectivity index (χ3v) is 5.36. The molecule has 0 unspecified atom stereocenters. The zero-order valence-corrected chi connectivity index (χ0v) is 13.6. The van der Waals surface area contributed by atoms with Gasteiger partial charge in [0.05, 0.1) is 10.8 Å². The highest BCUT2D eigenvalue weighted by molar-refractivity contribution is 7.10. The Kier molecular flexibility index (Phi) is 3.57. The fourth-order valence-electron chi connectivity index (χ4n) is 3.05. The van der Waals surface area contributed by atoms with E-state index in [1.54, 1.807) is 40.5 Å². The fourth-order valence-corrected chi connectivity index (χ4v) is 3.94. The van der Waals surface area contributed by atoms with E-state index in [4.69, 9.17) is 0 Å². The third kappa shape index (κ3) is 2.46. The third-order valence-electron chi connectivity index (χ3n) is 4.34. The first-order chi connectivity index (χ1) is 11.6. The van der Waals surface area contributed by atoms with E-state index < -0.39 is 0 Å². The molecule has 0 spiro atoms. The molecule has 0 atom stereocenters. The molecule has 122 valence electrons. The number of aromatic amines is 1. The van der Waals surface area contributed by atoms with E-state index in [2.05, 4.69) is 5.10 Å². The van der Waals surface area contributed by atoms with Gasteiger partial charge in [0.2, 0.25) is 5.91 Å². The molecule has 7 heteroatoms. The van der Waals surface area contributed by atoms with E-state index in [0.29, 0.717) is 23.9 Å². The predicted octanol–water partition coefficient (Wildman–Crippen LogP) is 1.34. The molecule has 1 aromatic carbocycles. The first-order valence-electron chi connectivity index (χ1n) is 7.68. The molecule has 1 N–H and O–H groups in total. The molecule has 0 bridgehead atoms. The summed E-state index contributed by atoms with van der Waals surface area (Å²) in [6, 6.07) is 8.65. The predicted molar refractivity (Wildman–Crippen MR) is 92.3 cm³/mol. The summed E-state index contributed by atoms with van der Waals surface area (Å²) in [6.07, 6.45) is 0.835. The topological polar surface area (TPSA) is 75.2 Å².